The number of anilines is 1. The zero-order valence-corrected chi connectivity index (χ0v) is 12.8. The summed E-state index contributed by atoms with van der Waals surface area (Å²) in [6, 6.07) is 8.53. The second-order valence-electron chi connectivity index (χ2n) is 4.24. The Balaban J connectivity index is 2.14. The Morgan fingerprint density at radius 3 is 2.83 bits per heavy atom. The highest BCUT2D eigenvalue weighted by Gasteiger charge is 2.08. The van der Waals surface area contributed by atoms with E-state index in [-0.39, 0.29) is 0 Å². The van der Waals surface area contributed by atoms with Crippen molar-refractivity contribution in [3.05, 3.63) is 51.6 Å². The summed E-state index contributed by atoms with van der Waals surface area (Å²) < 4.78 is 1.00. The van der Waals surface area contributed by atoms with Crippen LogP contribution in [-0.4, -0.2) is 4.98 Å². The topological polar surface area (TPSA) is 38.9 Å². The molecule has 2 aromatic rings. The quantitative estimate of drug-likeness (QED) is 0.854. The second kappa shape index (κ2) is 5.76. The van der Waals surface area contributed by atoms with Crippen LogP contribution in [0, 0.1) is 13.8 Å². The summed E-state index contributed by atoms with van der Waals surface area (Å²) in [5.41, 5.74) is 10.2. The molecule has 94 valence electrons. The molecule has 0 unspecified atom stereocenters. The summed E-state index contributed by atoms with van der Waals surface area (Å²) in [5.74, 6) is 0.913. The van der Waals surface area contributed by atoms with Gasteiger partial charge >= 0.3 is 0 Å². The fraction of sp³-hybridized carbons (Fsp3) is 0.214. The van der Waals surface area contributed by atoms with Crippen LogP contribution in [0.4, 0.5) is 5.69 Å². The highest BCUT2D eigenvalue weighted by Crippen LogP contribution is 2.32. The van der Waals surface area contributed by atoms with Crippen LogP contribution in [0.25, 0.3) is 0 Å². The standard InChI is InChI=1S/C14H15BrN2S/c1-9-4-3-5-11(6-9)8-18-14-13(15)10(2)12(16)7-17-14/h3-7H,8,16H2,1-2H3. The van der Waals surface area contributed by atoms with Gasteiger partial charge in [0.1, 0.15) is 5.03 Å². The van der Waals surface area contributed by atoms with Crippen molar-refractivity contribution in [2.75, 3.05) is 5.73 Å². The van der Waals surface area contributed by atoms with Crippen molar-refractivity contribution in [1.29, 1.82) is 0 Å². The third kappa shape index (κ3) is 3.06. The molecule has 4 heteroatoms. The second-order valence-corrected chi connectivity index (χ2v) is 5.99. The number of nitrogens with zero attached hydrogens (tertiary/aromatic N) is 1. The first-order valence-corrected chi connectivity index (χ1v) is 7.44. The van der Waals surface area contributed by atoms with Gasteiger partial charge < -0.3 is 5.73 Å². The third-order valence-electron chi connectivity index (χ3n) is 2.73. The molecule has 1 heterocycles. The van der Waals surface area contributed by atoms with Gasteiger partial charge in [-0.2, -0.15) is 0 Å². The number of benzene rings is 1. The average Bonchev–Trinajstić information content (AvgIpc) is 2.35. The summed E-state index contributed by atoms with van der Waals surface area (Å²) in [4.78, 5) is 4.37. The first kappa shape index (κ1) is 13.4. The van der Waals surface area contributed by atoms with E-state index in [1.54, 1.807) is 18.0 Å². The van der Waals surface area contributed by atoms with Gasteiger partial charge in [0.25, 0.3) is 0 Å². The van der Waals surface area contributed by atoms with Crippen molar-refractivity contribution in [2.45, 2.75) is 24.6 Å². The van der Waals surface area contributed by atoms with E-state index in [9.17, 15) is 0 Å². The first-order chi connectivity index (χ1) is 8.58. The van der Waals surface area contributed by atoms with Gasteiger partial charge in [0.05, 0.1) is 16.4 Å². The number of pyridine rings is 1. The summed E-state index contributed by atoms with van der Waals surface area (Å²) >= 11 is 5.27. The molecule has 0 radical (unpaired) electrons. The van der Waals surface area contributed by atoms with Gasteiger partial charge in [0.15, 0.2) is 0 Å². The number of halogens is 1. The molecule has 2 N–H and O–H groups in total. The zero-order chi connectivity index (χ0) is 13.1. The molecule has 0 aliphatic carbocycles. The molecule has 0 aliphatic heterocycles. The number of hydrogen-bond donors (Lipinski definition) is 1. The molecule has 0 aliphatic rings. The van der Waals surface area contributed by atoms with E-state index in [1.807, 2.05) is 6.92 Å². The Hall–Kier alpha value is -1.00. The van der Waals surface area contributed by atoms with Crippen LogP contribution in [0.2, 0.25) is 0 Å². The summed E-state index contributed by atoms with van der Waals surface area (Å²) in [6.07, 6.45) is 1.72. The van der Waals surface area contributed by atoms with E-state index in [1.165, 1.54) is 11.1 Å². The van der Waals surface area contributed by atoms with Gasteiger partial charge in [-0.1, -0.05) is 29.8 Å². The van der Waals surface area contributed by atoms with Gasteiger partial charge in [-0.05, 0) is 40.9 Å². The van der Waals surface area contributed by atoms with Crippen molar-refractivity contribution >= 4 is 33.4 Å². The lowest BCUT2D eigenvalue weighted by Crippen LogP contribution is -1.94. The fourth-order valence-corrected chi connectivity index (χ4v) is 3.19. The van der Waals surface area contributed by atoms with Crippen LogP contribution < -0.4 is 5.73 Å². The smallest absolute Gasteiger partial charge is 0.111 e. The number of hydrogen-bond acceptors (Lipinski definition) is 3. The monoisotopic (exact) mass is 322 g/mol. The lowest BCUT2D eigenvalue weighted by molar-refractivity contribution is 1.09. The molecule has 0 spiro atoms. The van der Waals surface area contributed by atoms with Crippen molar-refractivity contribution in [3.8, 4) is 0 Å². The van der Waals surface area contributed by atoms with Crippen LogP contribution >= 0.6 is 27.7 Å². The van der Waals surface area contributed by atoms with Crippen LogP contribution in [0.1, 0.15) is 16.7 Å². The first-order valence-electron chi connectivity index (χ1n) is 5.67. The Kier molecular flexibility index (Phi) is 4.30. The molecule has 18 heavy (non-hydrogen) atoms. The molecule has 0 atom stereocenters. The number of nitrogen functional groups attached to an aromatic ring is 1. The molecule has 1 aromatic carbocycles. The highest BCUT2D eigenvalue weighted by atomic mass is 79.9. The maximum atomic E-state index is 5.81. The molecule has 0 fully saturated rings. The predicted molar refractivity (Wildman–Crippen MR) is 81.8 cm³/mol. The highest BCUT2D eigenvalue weighted by molar-refractivity contribution is 9.10. The van der Waals surface area contributed by atoms with E-state index >= 15 is 0 Å². The lowest BCUT2D eigenvalue weighted by atomic mass is 10.2. The predicted octanol–water partition coefficient (Wildman–Crippen LogP) is 4.34. The van der Waals surface area contributed by atoms with Gasteiger partial charge in [-0.25, -0.2) is 4.98 Å². The molecule has 0 saturated carbocycles. The molecular weight excluding hydrogens is 308 g/mol. The lowest BCUT2D eigenvalue weighted by Gasteiger charge is -2.08. The van der Waals surface area contributed by atoms with E-state index in [0.717, 1.165) is 26.5 Å². The molecule has 2 rings (SSSR count). The van der Waals surface area contributed by atoms with Crippen LogP contribution in [0.3, 0.4) is 0 Å². The maximum Gasteiger partial charge on any atom is 0.111 e. The van der Waals surface area contributed by atoms with Crippen LogP contribution in [0.5, 0.6) is 0 Å². The third-order valence-corrected chi connectivity index (χ3v) is 5.02. The molecule has 0 saturated heterocycles. The van der Waals surface area contributed by atoms with Gasteiger partial charge in [-0.3, -0.25) is 0 Å². The van der Waals surface area contributed by atoms with Crippen molar-refractivity contribution in [1.82, 2.24) is 4.98 Å². The van der Waals surface area contributed by atoms with E-state index < -0.39 is 0 Å². The van der Waals surface area contributed by atoms with E-state index in [2.05, 4.69) is 52.1 Å². The van der Waals surface area contributed by atoms with Crippen molar-refractivity contribution in [2.24, 2.45) is 0 Å². The van der Waals surface area contributed by atoms with Gasteiger partial charge in [0.2, 0.25) is 0 Å². The SMILES string of the molecule is Cc1cccc(CSc2ncc(N)c(C)c2Br)c1. The largest absolute Gasteiger partial charge is 0.397 e. The Morgan fingerprint density at radius 2 is 2.11 bits per heavy atom. The molecular formula is C14H15BrN2S. The Morgan fingerprint density at radius 1 is 1.33 bits per heavy atom. The molecule has 0 amide bonds. The number of aryl methyl sites for hydroxylation is 1. The minimum absolute atomic E-state index is 0.724. The van der Waals surface area contributed by atoms with Crippen LogP contribution in [-0.2, 0) is 5.75 Å². The van der Waals surface area contributed by atoms with E-state index in [0.29, 0.717) is 0 Å². The Bertz CT molecular complexity index is 570. The van der Waals surface area contributed by atoms with Crippen molar-refractivity contribution in [3.63, 3.8) is 0 Å². The fourth-order valence-electron chi connectivity index (χ4n) is 1.62. The average molecular weight is 323 g/mol. The minimum atomic E-state index is 0.724. The van der Waals surface area contributed by atoms with Crippen molar-refractivity contribution < 1.29 is 0 Å². The van der Waals surface area contributed by atoms with Crippen LogP contribution in [0.15, 0.2) is 40.0 Å². The van der Waals surface area contributed by atoms with E-state index in [4.69, 9.17) is 5.73 Å². The number of rotatable bonds is 3. The zero-order valence-electron chi connectivity index (χ0n) is 10.4. The normalized spacial score (nSPS) is 10.6. The summed E-state index contributed by atoms with van der Waals surface area (Å²) in [6.45, 7) is 4.10. The summed E-state index contributed by atoms with van der Waals surface area (Å²) in [7, 11) is 0. The molecule has 0 bridgehead atoms. The maximum absolute atomic E-state index is 5.81. The minimum Gasteiger partial charge on any atom is -0.397 e. The Labute approximate surface area is 120 Å². The number of aromatic nitrogens is 1. The summed E-state index contributed by atoms with van der Waals surface area (Å²) in [5, 5.41) is 0.989. The van der Waals surface area contributed by atoms with Gasteiger partial charge in [0, 0.05) is 5.75 Å². The molecule has 2 nitrogen and oxygen atoms in total. The number of nitrogens with two attached hydrogens (primary N) is 1. The van der Waals surface area contributed by atoms with Gasteiger partial charge in [-0.15, -0.1) is 11.8 Å². The molecule has 1 aromatic heterocycles. The number of thioether (sulfide) groups is 1.